The lowest BCUT2D eigenvalue weighted by molar-refractivity contribution is -0.122. The quantitative estimate of drug-likeness (QED) is 0.0511. The maximum absolute atomic E-state index is 13.8. The van der Waals surface area contributed by atoms with Crippen molar-refractivity contribution in [2.24, 2.45) is 45.7 Å². The van der Waals surface area contributed by atoms with Crippen LogP contribution in [0.5, 0.6) is 11.5 Å². The highest BCUT2D eigenvalue weighted by atomic mass is 16.3. The average Bonchev–Trinajstić information content (AvgIpc) is 3.27. The van der Waals surface area contributed by atoms with Crippen molar-refractivity contribution < 1.29 is 39.0 Å². The van der Waals surface area contributed by atoms with E-state index in [-0.39, 0.29) is 58.0 Å². The van der Waals surface area contributed by atoms with Gasteiger partial charge in [-0.1, -0.05) is 60.7 Å². The molecular weight excluding hydrogens is 837 g/mol. The molecule has 342 valence electrons. The number of hydrogen-bond acceptors (Lipinski definition) is 10. The van der Waals surface area contributed by atoms with Crippen LogP contribution in [-0.2, 0) is 19.2 Å². The number of allylic oxidation sites excluding steroid dienone is 2. The minimum absolute atomic E-state index is 0.0172. The van der Waals surface area contributed by atoms with Gasteiger partial charge in [-0.3, -0.25) is 28.8 Å². The van der Waals surface area contributed by atoms with Gasteiger partial charge < -0.3 is 20.8 Å². The van der Waals surface area contributed by atoms with Crippen molar-refractivity contribution >= 4 is 58.8 Å². The Bertz CT molecular complexity index is 2310. The minimum atomic E-state index is -0.715. The van der Waals surface area contributed by atoms with Crippen LogP contribution in [-0.4, -0.2) is 67.9 Å². The van der Waals surface area contributed by atoms with Crippen LogP contribution in [0.1, 0.15) is 122 Å². The van der Waals surface area contributed by atoms with Gasteiger partial charge in [-0.2, -0.15) is 10.2 Å². The molecule has 0 heterocycles. The van der Waals surface area contributed by atoms with Crippen molar-refractivity contribution in [2.75, 3.05) is 0 Å². The summed E-state index contributed by atoms with van der Waals surface area (Å²) in [7, 11) is 0. The van der Waals surface area contributed by atoms with Crippen LogP contribution in [0.2, 0.25) is 0 Å². The normalized spacial score (nSPS) is 28.4. The SMILES string of the molecule is O=C(/C=C/c1ccc(/C=C/C(=O)C/C(=N\NC(=O)c2ccccc2O)C(=O)NC23CC4CC(CC(C4)C2)C3)cc1)C/C(=N/NC(=O)c1ccccc1O)C(=O)NC12CC3CC(CC(C3)C1)C2. The fraction of sp³-hybridized carbons (Fsp3) is 0.423. The molecule has 4 amide bonds. The number of rotatable bonds is 16. The van der Waals surface area contributed by atoms with E-state index in [1.54, 1.807) is 60.7 Å². The van der Waals surface area contributed by atoms with Gasteiger partial charge in [-0.05, 0) is 160 Å². The predicted molar refractivity (Wildman–Crippen MR) is 248 cm³/mol. The fourth-order valence-electron chi connectivity index (χ4n) is 12.7. The van der Waals surface area contributed by atoms with Gasteiger partial charge in [0.15, 0.2) is 11.6 Å². The second-order valence-electron chi connectivity index (χ2n) is 20.0. The van der Waals surface area contributed by atoms with Crippen LogP contribution in [0.3, 0.4) is 0 Å². The van der Waals surface area contributed by atoms with Gasteiger partial charge in [0.1, 0.15) is 22.9 Å². The highest BCUT2D eigenvalue weighted by molar-refractivity contribution is 6.43. The average molecular weight is 893 g/mol. The second kappa shape index (κ2) is 18.7. The molecule has 11 rings (SSSR count). The van der Waals surface area contributed by atoms with Crippen molar-refractivity contribution in [1.29, 1.82) is 0 Å². The first kappa shape index (κ1) is 44.5. The third kappa shape index (κ3) is 10.2. The van der Waals surface area contributed by atoms with Gasteiger partial charge in [0, 0.05) is 11.1 Å². The number of amides is 4. The summed E-state index contributed by atoms with van der Waals surface area (Å²) in [4.78, 5) is 80.3. The molecule has 8 aliphatic carbocycles. The Morgan fingerprint density at radius 2 is 0.818 bits per heavy atom. The number of nitrogens with zero attached hydrogens (tertiary/aromatic N) is 2. The Morgan fingerprint density at radius 3 is 1.14 bits per heavy atom. The number of ketones is 2. The first-order chi connectivity index (χ1) is 31.8. The Kier molecular flexibility index (Phi) is 12.6. The maximum atomic E-state index is 13.8. The molecule has 0 atom stereocenters. The zero-order valence-corrected chi connectivity index (χ0v) is 36.8. The molecule has 3 aromatic carbocycles. The number of aromatic hydroxyl groups is 2. The van der Waals surface area contributed by atoms with Crippen LogP contribution < -0.4 is 21.5 Å². The molecule has 6 N–H and O–H groups in total. The summed E-state index contributed by atoms with van der Waals surface area (Å²) in [5.41, 5.74) is 5.08. The van der Waals surface area contributed by atoms with Crippen LogP contribution in [0.4, 0.5) is 0 Å². The van der Waals surface area contributed by atoms with Gasteiger partial charge in [-0.15, -0.1) is 0 Å². The Hall–Kier alpha value is -6.70. The molecule has 0 radical (unpaired) electrons. The number of hydrogen-bond donors (Lipinski definition) is 6. The van der Waals surface area contributed by atoms with E-state index in [2.05, 4.69) is 31.7 Å². The largest absolute Gasteiger partial charge is 0.507 e. The number of carbonyl (C=O) groups is 6. The van der Waals surface area contributed by atoms with Gasteiger partial charge in [0.05, 0.1) is 24.0 Å². The number of phenolic OH excluding ortho intramolecular Hbond substituents is 2. The standard InChI is InChI=1S/C52H56N6O8/c59-39(23-43(55-57-47(63)41-5-1-3-7-45(41)61)49(65)53-51-25-33-17-34(26-51)19-35(18-33)27-51)15-13-31-9-11-32(12-10-31)14-16-40(60)24-44(56-58-48(64)42-6-2-4-8-46(42)62)50(66)54-52-28-36-20-37(29-52)22-38(21-36)30-52/h1-16,33-38,61-62H,17-30H2,(H,53,65)(H,54,66)(H,57,63)(H,58,64)/b15-13+,16-14+,55-43-,56-44+. The topological polar surface area (TPSA) is 216 Å². The summed E-state index contributed by atoms with van der Waals surface area (Å²) >= 11 is 0. The third-order valence-corrected chi connectivity index (χ3v) is 14.8. The van der Waals surface area contributed by atoms with Crippen molar-refractivity contribution in [1.82, 2.24) is 21.5 Å². The number of nitrogens with one attached hydrogen (secondary N) is 4. The summed E-state index contributed by atoms with van der Waals surface area (Å²) < 4.78 is 0. The van der Waals surface area contributed by atoms with E-state index >= 15 is 0 Å². The fourth-order valence-corrected chi connectivity index (χ4v) is 12.7. The zero-order valence-electron chi connectivity index (χ0n) is 36.8. The van der Waals surface area contributed by atoms with E-state index in [4.69, 9.17) is 0 Å². The summed E-state index contributed by atoms with van der Waals surface area (Å²) in [6.45, 7) is 0. The Balaban J connectivity index is 0.838. The molecule has 14 nitrogen and oxygen atoms in total. The molecule has 66 heavy (non-hydrogen) atoms. The predicted octanol–water partition coefficient (Wildman–Crippen LogP) is 6.78. The molecule has 0 aromatic heterocycles. The molecule has 8 bridgehead atoms. The second-order valence-corrected chi connectivity index (χ2v) is 20.0. The Morgan fingerprint density at radius 1 is 0.500 bits per heavy atom. The van der Waals surface area contributed by atoms with Crippen molar-refractivity contribution in [3.05, 3.63) is 107 Å². The van der Waals surface area contributed by atoms with Crippen molar-refractivity contribution in [3.63, 3.8) is 0 Å². The summed E-state index contributed by atoms with van der Waals surface area (Å²) in [6, 6.07) is 19.0. The number of carbonyl (C=O) groups excluding carboxylic acids is 6. The van der Waals surface area contributed by atoms with E-state index in [0.717, 1.165) is 38.5 Å². The van der Waals surface area contributed by atoms with E-state index in [9.17, 15) is 39.0 Å². The maximum Gasteiger partial charge on any atom is 0.275 e. The number of benzene rings is 3. The van der Waals surface area contributed by atoms with Crippen molar-refractivity contribution in [2.45, 2.75) is 101 Å². The van der Waals surface area contributed by atoms with Crippen LogP contribution in [0.25, 0.3) is 12.2 Å². The lowest BCUT2D eigenvalue weighted by Crippen LogP contribution is -2.61. The summed E-state index contributed by atoms with van der Waals surface area (Å²) in [5.74, 6) is -0.296. The molecule has 0 saturated heterocycles. The number of para-hydroxylation sites is 2. The van der Waals surface area contributed by atoms with Gasteiger partial charge in [0.2, 0.25) is 0 Å². The summed E-state index contributed by atoms with van der Waals surface area (Å²) in [6.07, 6.45) is 17.7. The molecular formula is C52H56N6O8. The smallest absolute Gasteiger partial charge is 0.275 e. The monoisotopic (exact) mass is 892 g/mol. The Labute approximate surface area is 383 Å². The minimum Gasteiger partial charge on any atom is -0.507 e. The summed E-state index contributed by atoms with van der Waals surface area (Å²) in [5, 5.41) is 35.1. The van der Waals surface area contributed by atoms with E-state index in [1.807, 2.05) is 0 Å². The van der Waals surface area contributed by atoms with E-state index in [1.165, 1.54) is 74.9 Å². The number of phenols is 2. The first-order valence-electron chi connectivity index (χ1n) is 23.2. The lowest BCUT2D eigenvalue weighted by Gasteiger charge is -2.56. The van der Waals surface area contributed by atoms with Gasteiger partial charge >= 0.3 is 0 Å². The molecule has 8 saturated carbocycles. The number of hydrazone groups is 2. The molecule has 0 spiro atoms. The molecule has 0 aliphatic heterocycles. The molecule has 8 fully saturated rings. The van der Waals surface area contributed by atoms with Crippen LogP contribution >= 0.6 is 0 Å². The third-order valence-electron chi connectivity index (χ3n) is 14.8. The van der Waals surface area contributed by atoms with Crippen LogP contribution in [0, 0.1) is 35.5 Å². The molecule has 14 heteroatoms. The highest BCUT2D eigenvalue weighted by Gasteiger charge is 2.53. The molecule has 0 unspecified atom stereocenters. The highest BCUT2D eigenvalue weighted by Crippen LogP contribution is 2.56. The molecule has 3 aromatic rings. The van der Waals surface area contributed by atoms with Crippen LogP contribution in [0.15, 0.2) is 95.2 Å². The first-order valence-corrected chi connectivity index (χ1v) is 23.2. The van der Waals surface area contributed by atoms with Gasteiger partial charge in [-0.25, -0.2) is 10.9 Å². The van der Waals surface area contributed by atoms with E-state index < -0.39 is 35.2 Å². The zero-order chi connectivity index (χ0) is 46.0. The lowest BCUT2D eigenvalue weighted by atomic mass is 9.53. The van der Waals surface area contributed by atoms with E-state index in [0.29, 0.717) is 46.6 Å². The van der Waals surface area contributed by atoms with Gasteiger partial charge in [0.25, 0.3) is 23.6 Å². The van der Waals surface area contributed by atoms with Crippen molar-refractivity contribution in [3.8, 4) is 11.5 Å². The molecule has 8 aliphatic rings.